The predicted molar refractivity (Wildman–Crippen MR) is 102 cm³/mol. The third-order valence-corrected chi connectivity index (χ3v) is 4.77. The van der Waals surface area contributed by atoms with Gasteiger partial charge in [-0.1, -0.05) is 60.1 Å². The van der Waals surface area contributed by atoms with E-state index in [1.54, 1.807) is 6.07 Å². The van der Waals surface area contributed by atoms with Gasteiger partial charge >= 0.3 is 6.09 Å². The first-order chi connectivity index (χ1) is 12.6. The number of benzene rings is 3. The topological polar surface area (TPSA) is 58.6 Å². The molecule has 3 aromatic carbocycles. The number of anilines is 1. The molecule has 0 aromatic heterocycles. The molecule has 130 valence electrons. The molecule has 3 aromatic rings. The van der Waals surface area contributed by atoms with Crippen LogP contribution in [0.25, 0.3) is 11.1 Å². The maximum atomic E-state index is 12.2. The Hall–Kier alpha value is -2.98. The minimum atomic E-state index is -0.635. The van der Waals surface area contributed by atoms with Crippen LogP contribution in [0.3, 0.4) is 0 Å². The second kappa shape index (κ2) is 6.73. The van der Waals surface area contributed by atoms with Crippen LogP contribution in [-0.2, 0) is 4.74 Å². The van der Waals surface area contributed by atoms with Gasteiger partial charge in [0.15, 0.2) is 0 Å². The molecule has 1 aliphatic carbocycles. The summed E-state index contributed by atoms with van der Waals surface area (Å²) in [6.45, 7) is 0.210. The molecule has 0 atom stereocenters. The number of carbonyl (C=O) groups excluding carboxylic acids is 1. The van der Waals surface area contributed by atoms with Crippen LogP contribution in [0, 0.1) is 0 Å². The van der Waals surface area contributed by atoms with Crippen molar-refractivity contribution < 1.29 is 14.6 Å². The summed E-state index contributed by atoms with van der Waals surface area (Å²) in [5, 5.41) is 12.7. The van der Waals surface area contributed by atoms with Crippen LogP contribution in [0.15, 0.2) is 66.7 Å². The first kappa shape index (κ1) is 16.5. The first-order valence-corrected chi connectivity index (χ1v) is 8.62. The highest BCUT2D eigenvalue weighted by Crippen LogP contribution is 2.44. The van der Waals surface area contributed by atoms with Gasteiger partial charge in [0.1, 0.15) is 12.4 Å². The van der Waals surface area contributed by atoms with E-state index in [2.05, 4.69) is 29.6 Å². The normalized spacial score (nSPS) is 12.3. The van der Waals surface area contributed by atoms with Gasteiger partial charge in [-0.2, -0.15) is 0 Å². The van der Waals surface area contributed by atoms with Crippen molar-refractivity contribution >= 4 is 23.4 Å². The van der Waals surface area contributed by atoms with Gasteiger partial charge in [0, 0.05) is 10.9 Å². The number of aromatic hydroxyl groups is 1. The minimum Gasteiger partial charge on any atom is -0.506 e. The van der Waals surface area contributed by atoms with E-state index >= 15 is 0 Å². The molecule has 4 nitrogen and oxygen atoms in total. The fourth-order valence-corrected chi connectivity index (χ4v) is 3.52. The Bertz CT molecular complexity index is 941. The van der Waals surface area contributed by atoms with Gasteiger partial charge in [0.2, 0.25) is 0 Å². The minimum absolute atomic E-state index is 0.0129. The number of phenolic OH excluding ortho intramolecular Hbond substituents is 1. The quantitative estimate of drug-likeness (QED) is 0.610. The Balaban J connectivity index is 1.51. The summed E-state index contributed by atoms with van der Waals surface area (Å²) in [4.78, 5) is 12.2. The van der Waals surface area contributed by atoms with Gasteiger partial charge in [0.25, 0.3) is 0 Å². The van der Waals surface area contributed by atoms with Gasteiger partial charge in [-0.25, -0.2) is 4.79 Å². The second-order valence-corrected chi connectivity index (χ2v) is 6.55. The lowest BCUT2D eigenvalue weighted by atomic mass is 9.98. The fraction of sp³-hybridized carbons (Fsp3) is 0.0952. The van der Waals surface area contributed by atoms with E-state index in [4.69, 9.17) is 16.3 Å². The summed E-state index contributed by atoms with van der Waals surface area (Å²) in [5.74, 6) is -0.0796. The van der Waals surface area contributed by atoms with Crippen LogP contribution >= 0.6 is 11.6 Å². The summed E-state index contributed by atoms with van der Waals surface area (Å²) >= 11 is 5.89. The van der Waals surface area contributed by atoms with Crippen molar-refractivity contribution in [3.05, 3.63) is 82.9 Å². The second-order valence-electron chi connectivity index (χ2n) is 6.11. The largest absolute Gasteiger partial charge is 0.506 e. The Labute approximate surface area is 156 Å². The molecular formula is C21H16ClNO3. The average molecular weight is 366 g/mol. The van der Waals surface area contributed by atoms with Crippen LogP contribution in [0.4, 0.5) is 10.5 Å². The van der Waals surface area contributed by atoms with Crippen LogP contribution in [0.5, 0.6) is 5.75 Å². The van der Waals surface area contributed by atoms with Crippen LogP contribution < -0.4 is 5.32 Å². The maximum absolute atomic E-state index is 12.2. The maximum Gasteiger partial charge on any atom is 0.411 e. The molecular weight excluding hydrogens is 350 g/mol. The first-order valence-electron chi connectivity index (χ1n) is 8.24. The number of amides is 1. The van der Waals surface area contributed by atoms with Gasteiger partial charge in [-0.05, 0) is 40.5 Å². The SMILES string of the molecule is O=C(Nc1cc(Cl)ccc1O)OCC1c2ccccc2-c2ccccc21. The van der Waals surface area contributed by atoms with Crippen molar-refractivity contribution in [1.82, 2.24) is 0 Å². The number of hydrogen-bond donors (Lipinski definition) is 2. The lowest BCUT2D eigenvalue weighted by Crippen LogP contribution is -2.18. The molecule has 0 saturated carbocycles. The highest BCUT2D eigenvalue weighted by atomic mass is 35.5. The standard InChI is InChI=1S/C21H16ClNO3/c22-13-9-10-20(24)19(11-13)23-21(25)26-12-18-16-7-3-1-5-14(16)15-6-2-4-8-17(15)18/h1-11,18,24H,12H2,(H,23,25). The summed E-state index contributed by atoms with van der Waals surface area (Å²) < 4.78 is 5.43. The van der Waals surface area contributed by atoms with Crippen molar-refractivity contribution in [2.75, 3.05) is 11.9 Å². The van der Waals surface area contributed by atoms with Gasteiger partial charge < -0.3 is 9.84 Å². The van der Waals surface area contributed by atoms with Crippen molar-refractivity contribution in [3.8, 4) is 16.9 Å². The number of hydrogen-bond acceptors (Lipinski definition) is 3. The number of phenols is 1. The van der Waals surface area contributed by atoms with E-state index in [0.29, 0.717) is 5.02 Å². The number of fused-ring (bicyclic) bond motifs is 3. The van der Waals surface area contributed by atoms with Crippen LogP contribution in [0.1, 0.15) is 17.0 Å². The molecule has 2 N–H and O–H groups in total. The van der Waals surface area contributed by atoms with E-state index in [1.807, 2.05) is 24.3 Å². The van der Waals surface area contributed by atoms with Crippen molar-refractivity contribution in [3.63, 3.8) is 0 Å². The smallest absolute Gasteiger partial charge is 0.411 e. The lowest BCUT2D eigenvalue weighted by molar-refractivity contribution is 0.158. The van der Waals surface area contributed by atoms with Gasteiger partial charge in [-0.3, -0.25) is 5.32 Å². The Morgan fingerprint density at radius 2 is 1.62 bits per heavy atom. The molecule has 26 heavy (non-hydrogen) atoms. The van der Waals surface area contributed by atoms with Gasteiger partial charge in [0.05, 0.1) is 5.69 Å². The highest BCUT2D eigenvalue weighted by Gasteiger charge is 2.29. The molecule has 0 aliphatic heterocycles. The zero-order valence-electron chi connectivity index (χ0n) is 13.8. The van der Waals surface area contributed by atoms with E-state index < -0.39 is 6.09 Å². The Morgan fingerprint density at radius 3 is 2.27 bits per heavy atom. The summed E-state index contributed by atoms with van der Waals surface area (Å²) in [6.07, 6.45) is -0.635. The van der Waals surface area contributed by atoms with Crippen molar-refractivity contribution in [2.24, 2.45) is 0 Å². The zero-order valence-corrected chi connectivity index (χ0v) is 14.5. The van der Waals surface area contributed by atoms with Crippen LogP contribution in [-0.4, -0.2) is 17.8 Å². The molecule has 0 radical (unpaired) electrons. The third-order valence-electron chi connectivity index (χ3n) is 4.54. The molecule has 5 heteroatoms. The highest BCUT2D eigenvalue weighted by molar-refractivity contribution is 6.31. The molecule has 0 unspecified atom stereocenters. The summed E-state index contributed by atoms with van der Waals surface area (Å²) in [5.41, 5.74) is 4.85. The number of halogens is 1. The Morgan fingerprint density at radius 1 is 1.00 bits per heavy atom. The summed E-state index contributed by atoms with van der Waals surface area (Å²) in [7, 11) is 0. The molecule has 1 amide bonds. The number of carbonyl (C=O) groups is 1. The average Bonchev–Trinajstić information content (AvgIpc) is 2.97. The molecule has 0 heterocycles. The molecule has 1 aliphatic rings. The molecule has 0 spiro atoms. The van der Waals surface area contributed by atoms with Crippen molar-refractivity contribution in [1.29, 1.82) is 0 Å². The van der Waals surface area contributed by atoms with Gasteiger partial charge in [-0.15, -0.1) is 0 Å². The van der Waals surface area contributed by atoms with E-state index in [-0.39, 0.29) is 24.0 Å². The van der Waals surface area contributed by atoms with E-state index in [0.717, 1.165) is 11.1 Å². The number of rotatable bonds is 3. The van der Waals surface area contributed by atoms with Crippen LogP contribution in [0.2, 0.25) is 5.02 Å². The number of nitrogens with one attached hydrogen (secondary N) is 1. The summed E-state index contributed by atoms with van der Waals surface area (Å²) in [6, 6.07) is 20.7. The van der Waals surface area contributed by atoms with Crippen molar-refractivity contribution in [2.45, 2.75) is 5.92 Å². The molecule has 0 saturated heterocycles. The molecule has 0 fully saturated rings. The van der Waals surface area contributed by atoms with E-state index in [9.17, 15) is 9.90 Å². The predicted octanol–water partition coefficient (Wildman–Crippen LogP) is 5.41. The number of ether oxygens (including phenoxy) is 1. The van der Waals surface area contributed by atoms with E-state index in [1.165, 1.54) is 23.3 Å². The monoisotopic (exact) mass is 365 g/mol. The molecule has 0 bridgehead atoms. The fourth-order valence-electron chi connectivity index (χ4n) is 3.35. The molecule has 4 rings (SSSR count). The third kappa shape index (κ3) is 3.00. The lowest BCUT2D eigenvalue weighted by Gasteiger charge is -2.15. The Kier molecular flexibility index (Phi) is 4.27. The zero-order chi connectivity index (χ0) is 18.1.